The highest BCUT2D eigenvalue weighted by atomic mass is 35.5. The molecule has 0 amide bonds. The molecule has 0 saturated carbocycles. The van der Waals surface area contributed by atoms with E-state index < -0.39 is 68.0 Å². The van der Waals surface area contributed by atoms with Gasteiger partial charge in [0, 0.05) is 0 Å². The zero-order chi connectivity index (χ0) is 17.4. The van der Waals surface area contributed by atoms with Crippen LogP contribution in [-0.4, -0.2) is 104 Å². The molecule has 2 aliphatic rings. The standard InChI is InChI=1S/C12H22ClNO9/c13-1-4-6(14)10(20)12(3-16,22-4)23-11-9(19)8(18)7(17)5(2-15)21-11/h4-11,15-20H,1-3,14H2/t4-,5-,6-,7-,8+,9-,10+,11-,12+/m1/s1. The van der Waals surface area contributed by atoms with Crippen LogP contribution >= 0.6 is 11.6 Å². The molecular weight excluding hydrogens is 338 g/mol. The van der Waals surface area contributed by atoms with Crippen LogP contribution in [-0.2, 0) is 14.2 Å². The molecule has 10 nitrogen and oxygen atoms in total. The van der Waals surface area contributed by atoms with Crippen molar-refractivity contribution in [3.05, 3.63) is 0 Å². The van der Waals surface area contributed by atoms with Crippen molar-refractivity contribution in [2.24, 2.45) is 5.73 Å². The maximum Gasteiger partial charge on any atom is 0.222 e. The number of hydrogen-bond acceptors (Lipinski definition) is 10. The van der Waals surface area contributed by atoms with Gasteiger partial charge < -0.3 is 50.6 Å². The van der Waals surface area contributed by atoms with E-state index in [1.54, 1.807) is 0 Å². The number of rotatable bonds is 5. The molecule has 2 fully saturated rings. The monoisotopic (exact) mass is 359 g/mol. The molecule has 0 bridgehead atoms. The number of ether oxygens (including phenoxy) is 3. The van der Waals surface area contributed by atoms with Crippen LogP contribution in [0.3, 0.4) is 0 Å². The Morgan fingerprint density at radius 1 is 1.04 bits per heavy atom. The summed E-state index contributed by atoms with van der Waals surface area (Å²) in [6.07, 6.45) is -10.0. The summed E-state index contributed by atoms with van der Waals surface area (Å²) in [5, 5.41) is 58.3. The molecule has 0 aliphatic carbocycles. The van der Waals surface area contributed by atoms with Gasteiger partial charge in [-0.3, -0.25) is 0 Å². The topological polar surface area (TPSA) is 175 Å². The molecule has 0 unspecified atom stereocenters. The smallest absolute Gasteiger partial charge is 0.222 e. The number of nitrogens with two attached hydrogens (primary N) is 1. The lowest BCUT2D eigenvalue weighted by molar-refractivity contribution is -0.382. The van der Waals surface area contributed by atoms with Gasteiger partial charge in [0.05, 0.1) is 24.6 Å². The largest absolute Gasteiger partial charge is 0.394 e. The van der Waals surface area contributed by atoms with Gasteiger partial charge >= 0.3 is 0 Å². The fourth-order valence-corrected chi connectivity index (χ4v) is 2.93. The van der Waals surface area contributed by atoms with E-state index in [2.05, 4.69) is 0 Å². The van der Waals surface area contributed by atoms with E-state index in [-0.39, 0.29) is 5.88 Å². The summed E-state index contributed by atoms with van der Waals surface area (Å²) in [5.41, 5.74) is 5.74. The lowest BCUT2D eigenvalue weighted by Crippen LogP contribution is -2.62. The van der Waals surface area contributed by atoms with Crippen molar-refractivity contribution < 1.29 is 44.8 Å². The fraction of sp³-hybridized carbons (Fsp3) is 1.00. The van der Waals surface area contributed by atoms with Gasteiger partial charge in [-0.1, -0.05) is 0 Å². The SMILES string of the molecule is N[C@@H]1[C@@H](CCl)O[C@@](CO)(O[C@H]2O[C@H](CO)[C@@H](O)[C@H](O)[C@H]2O)[C@H]1O. The molecule has 11 heteroatoms. The molecule has 0 aromatic rings. The summed E-state index contributed by atoms with van der Waals surface area (Å²) in [4.78, 5) is 0. The Morgan fingerprint density at radius 3 is 2.17 bits per heavy atom. The first-order chi connectivity index (χ1) is 10.8. The predicted octanol–water partition coefficient (Wildman–Crippen LogP) is -4.18. The van der Waals surface area contributed by atoms with E-state index in [0.717, 1.165) is 0 Å². The number of halogens is 1. The second-order valence-electron chi connectivity index (χ2n) is 5.62. The maximum atomic E-state index is 10.2. The molecule has 23 heavy (non-hydrogen) atoms. The third-order valence-electron chi connectivity index (χ3n) is 4.13. The van der Waals surface area contributed by atoms with Crippen molar-refractivity contribution in [1.29, 1.82) is 0 Å². The molecule has 0 radical (unpaired) electrons. The Hall–Kier alpha value is -0.110. The molecule has 9 atom stereocenters. The summed E-state index contributed by atoms with van der Waals surface area (Å²) in [5.74, 6) is -2.09. The van der Waals surface area contributed by atoms with Crippen LogP contribution in [0.1, 0.15) is 0 Å². The summed E-state index contributed by atoms with van der Waals surface area (Å²) >= 11 is 5.67. The summed E-state index contributed by atoms with van der Waals surface area (Å²) in [6, 6.07) is -0.954. The van der Waals surface area contributed by atoms with Gasteiger partial charge in [-0.15, -0.1) is 11.6 Å². The lowest BCUT2D eigenvalue weighted by atomic mass is 9.99. The quantitative estimate of drug-likeness (QED) is 0.238. The van der Waals surface area contributed by atoms with Crippen LogP contribution in [0.5, 0.6) is 0 Å². The van der Waals surface area contributed by atoms with Crippen LogP contribution in [0.25, 0.3) is 0 Å². The summed E-state index contributed by atoms with van der Waals surface area (Å²) in [7, 11) is 0. The second-order valence-corrected chi connectivity index (χ2v) is 5.93. The number of hydrogen-bond donors (Lipinski definition) is 7. The second kappa shape index (κ2) is 7.42. The van der Waals surface area contributed by atoms with E-state index in [0.29, 0.717) is 0 Å². The highest BCUT2D eigenvalue weighted by Crippen LogP contribution is 2.35. The first-order valence-electron chi connectivity index (χ1n) is 7.08. The van der Waals surface area contributed by atoms with Gasteiger partial charge in [0.2, 0.25) is 5.79 Å². The van der Waals surface area contributed by atoms with Gasteiger partial charge in [-0.2, -0.15) is 0 Å². The van der Waals surface area contributed by atoms with Gasteiger partial charge in [0.15, 0.2) is 6.29 Å². The molecule has 8 N–H and O–H groups in total. The average Bonchev–Trinajstić information content (AvgIpc) is 2.80. The van der Waals surface area contributed by atoms with Crippen molar-refractivity contribution in [1.82, 2.24) is 0 Å². The molecule has 0 aromatic carbocycles. The minimum absolute atomic E-state index is 0.0714. The normalized spacial score (nSPS) is 51.1. The highest BCUT2D eigenvalue weighted by molar-refractivity contribution is 6.18. The van der Waals surface area contributed by atoms with E-state index in [1.165, 1.54) is 0 Å². The first kappa shape index (κ1) is 19.2. The Balaban J connectivity index is 2.18. The zero-order valence-corrected chi connectivity index (χ0v) is 12.9. The minimum Gasteiger partial charge on any atom is -0.394 e. The van der Waals surface area contributed by atoms with E-state index in [9.17, 15) is 25.5 Å². The van der Waals surface area contributed by atoms with Crippen LogP contribution < -0.4 is 5.73 Å². The van der Waals surface area contributed by atoms with Gasteiger partial charge in [-0.05, 0) is 0 Å². The number of aliphatic hydroxyl groups is 6. The fourth-order valence-electron chi connectivity index (χ4n) is 2.66. The van der Waals surface area contributed by atoms with Crippen LogP contribution in [0.4, 0.5) is 0 Å². The first-order valence-corrected chi connectivity index (χ1v) is 7.61. The molecule has 136 valence electrons. The van der Waals surface area contributed by atoms with E-state index in [1.807, 2.05) is 0 Å². The Bertz CT molecular complexity index is 403. The number of aliphatic hydroxyl groups excluding tert-OH is 6. The van der Waals surface area contributed by atoms with Gasteiger partial charge in [0.25, 0.3) is 0 Å². The lowest BCUT2D eigenvalue weighted by Gasteiger charge is -2.43. The van der Waals surface area contributed by atoms with Crippen molar-refractivity contribution in [3.8, 4) is 0 Å². The Labute approximate surface area is 136 Å². The molecule has 0 aromatic heterocycles. The summed E-state index contributed by atoms with van der Waals surface area (Å²) < 4.78 is 15.9. The predicted molar refractivity (Wildman–Crippen MR) is 74.2 cm³/mol. The highest BCUT2D eigenvalue weighted by Gasteiger charge is 2.57. The third kappa shape index (κ3) is 3.34. The van der Waals surface area contributed by atoms with Crippen LogP contribution in [0.2, 0.25) is 0 Å². The average molecular weight is 360 g/mol. The minimum atomic E-state index is -2.02. The van der Waals surface area contributed by atoms with Crippen LogP contribution in [0, 0.1) is 0 Å². The van der Waals surface area contributed by atoms with Crippen molar-refractivity contribution in [2.75, 3.05) is 19.1 Å². The summed E-state index contributed by atoms with van der Waals surface area (Å²) in [6.45, 7) is -1.48. The van der Waals surface area contributed by atoms with E-state index in [4.69, 9.17) is 36.7 Å². The molecular formula is C12H22ClNO9. The number of alkyl halides is 1. The Kier molecular flexibility index (Phi) is 6.20. The molecule has 2 aliphatic heterocycles. The third-order valence-corrected chi connectivity index (χ3v) is 4.44. The maximum absolute atomic E-state index is 10.2. The van der Waals surface area contributed by atoms with Gasteiger partial charge in [0.1, 0.15) is 37.1 Å². The van der Waals surface area contributed by atoms with E-state index >= 15 is 0 Å². The zero-order valence-electron chi connectivity index (χ0n) is 12.1. The van der Waals surface area contributed by atoms with Gasteiger partial charge in [-0.25, -0.2) is 0 Å². The molecule has 0 spiro atoms. The van der Waals surface area contributed by atoms with Crippen molar-refractivity contribution in [2.45, 2.75) is 54.7 Å². The van der Waals surface area contributed by atoms with Crippen molar-refractivity contribution in [3.63, 3.8) is 0 Å². The van der Waals surface area contributed by atoms with Crippen molar-refractivity contribution >= 4 is 11.6 Å². The Morgan fingerprint density at radius 2 is 1.70 bits per heavy atom. The van der Waals surface area contributed by atoms with Crippen LogP contribution in [0.15, 0.2) is 0 Å². The molecule has 2 saturated heterocycles. The molecule has 2 heterocycles. The molecule has 2 rings (SSSR count).